The summed E-state index contributed by atoms with van der Waals surface area (Å²) in [6.07, 6.45) is 3.94. The Kier molecular flexibility index (Phi) is 5.32. The van der Waals surface area contributed by atoms with E-state index in [0.29, 0.717) is 0 Å². The molecule has 2 heterocycles. The first-order valence-electron chi connectivity index (χ1n) is 8.73. The molecule has 22 heavy (non-hydrogen) atoms. The van der Waals surface area contributed by atoms with Crippen LogP contribution >= 0.6 is 0 Å². The molecule has 0 N–H and O–H groups in total. The first kappa shape index (κ1) is 15.8. The number of anilines is 1. The number of nitrogens with zero attached hydrogens (tertiary/aromatic N) is 3. The molecule has 2 aliphatic heterocycles. The van der Waals surface area contributed by atoms with E-state index < -0.39 is 0 Å². The van der Waals surface area contributed by atoms with E-state index in [-0.39, 0.29) is 5.82 Å². The molecule has 0 aliphatic carbocycles. The zero-order chi connectivity index (χ0) is 15.4. The van der Waals surface area contributed by atoms with Crippen molar-refractivity contribution >= 4 is 5.69 Å². The van der Waals surface area contributed by atoms with E-state index in [9.17, 15) is 4.39 Å². The lowest BCUT2D eigenvalue weighted by Gasteiger charge is -2.44. The lowest BCUT2D eigenvalue weighted by molar-refractivity contribution is 0.0927. The van der Waals surface area contributed by atoms with Gasteiger partial charge in [-0.1, -0.05) is 6.92 Å². The molecule has 1 aromatic carbocycles. The van der Waals surface area contributed by atoms with Crippen molar-refractivity contribution in [3.8, 4) is 0 Å². The number of hydrogen-bond donors (Lipinski definition) is 0. The van der Waals surface area contributed by atoms with Crippen LogP contribution in [-0.2, 0) is 0 Å². The minimum atomic E-state index is -0.152. The van der Waals surface area contributed by atoms with Crippen molar-refractivity contribution in [3.63, 3.8) is 0 Å². The quantitative estimate of drug-likeness (QED) is 0.847. The molecule has 2 saturated heterocycles. The van der Waals surface area contributed by atoms with Gasteiger partial charge in [-0.15, -0.1) is 0 Å². The summed E-state index contributed by atoms with van der Waals surface area (Å²) < 4.78 is 13.0. The number of likely N-dealkylation sites (tertiary alicyclic amines) is 1. The monoisotopic (exact) mass is 305 g/mol. The summed E-state index contributed by atoms with van der Waals surface area (Å²) in [5.74, 6) is -0.152. The zero-order valence-corrected chi connectivity index (χ0v) is 13.7. The van der Waals surface area contributed by atoms with Gasteiger partial charge >= 0.3 is 0 Å². The van der Waals surface area contributed by atoms with Crippen LogP contribution in [-0.4, -0.2) is 61.7 Å². The van der Waals surface area contributed by atoms with Gasteiger partial charge in [-0.3, -0.25) is 4.90 Å². The van der Waals surface area contributed by atoms with Crippen molar-refractivity contribution in [3.05, 3.63) is 30.1 Å². The van der Waals surface area contributed by atoms with Gasteiger partial charge in [0.25, 0.3) is 0 Å². The van der Waals surface area contributed by atoms with Gasteiger partial charge in [-0.25, -0.2) is 4.39 Å². The van der Waals surface area contributed by atoms with Gasteiger partial charge in [0, 0.05) is 44.5 Å². The Bertz CT molecular complexity index is 452. The molecule has 2 aliphatic rings. The third-order valence-corrected chi connectivity index (χ3v) is 5.04. The molecular weight excluding hydrogens is 277 g/mol. The Balaban J connectivity index is 1.52. The SMILES string of the molecule is CCCN1CCC[C@@H](N2CCN(c3ccc(F)cc3)CC2)C1. The molecule has 122 valence electrons. The van der Waals surface area contributed by atoms with Crippen molar-refractivity contribution in [2.45, 2.75) is 32.2 Å². The molecule has 0 amide bonds. The van der Waals surface area contributed by atoms with Crippen LogP contribution in [0.15, 0.2) is 24.3 Å². The van der Waals surface area contributed by atoms with E-state index in [2.05, 4.69) is 21.6 Å². The maximum atomic E-state index is 13.0. The molecule has 0 saturated carbocycles. The topological polar surface area (TPSA) is 9.72 Å². The predicted molar refractivity (Wildman–Crippen MR) is 89.9 cm³/mol. The standard InChI is InChI=1S/C18H28FN3/c1-2-9-20-10-3-4-18(15-20)22-13-11-21(12-14-22)17-7-5-16(19)6-8-17/h5-8,18H,2-4,9-15H2,1H3/t18-/m1/s1. The molecule has 4 heteroatoms. The number of rotatable bonds is 4. The Hall–Kier alpha value is -1.13. The first-order valence-corrected chi connectivity index (χ1v) is 8.73. The van der Waals surface area contributed by atoms with Gasteiger partial charge in [0.2, 0.25) is 0 Å². The van der Waals surface area contributed by atoms with Gasteiger partial charge in [-0.05, 0) is 56.6 Å². The van der Waals surface area contributed by atoms with E-state index >= 15 is 0 Å². The van der Waals surface area contributed by atoms with E-state index in [4.69, 9.17) is 0 Å². The second-order valence-electron chi connectivity index (χ2n) is 6.60. The van der Waals surface area contributed by atoms with E-state index in [0.717, 1.165) is 37.9 Å². The highest BCUT2D eigenvalue weighted by atomic mass is 19.1. The van der Waals surface area contributed by atoms with Crippen LogP contribution in [0, 0.1) is 5.82 Å². The van der Waals surface area contributed by atoms with Crippen molar-refractivity contribution in [2.75, 3.05) is 50.7 Å². The van der Waals surface area contributed by atoms with Gasteiger partial charge in [0.05, 0.1) is 0 Å². The molecule has 2 fully saturated rings. The highest BCUT2D eigenvalue weighted by Gasteiger charge is 2.27. The Labute approximate surface area is 133 Å². The van der Waals surface area contributed by atoms with Crippen molar-refractivity contribution in [1.29, 1.82) is 0 Å². The molecule has 0 radical (unpaired) electrons. The van der Waals surface area contributed by atoms with E-state index in [1.165, 1.54) is 38.9 Å². The lowest BCUT2D eigenvalue weighted by Crippen LogP contribution is -2.55. The normalized spacial score (nSPS) is 24.6. The van der Waals surface area contributed by atoms with Gasteiger partial charge < -0.3 is 9.80 Å². The first-order chi connectivity index (χ1) is 10.8. The Morgan fingerprint density at radius 3 is 2.45 bits per heavy atom. The summed E-state index contributed by atoms with van der Waals surface area (Å²) >= 11 is 0. The van der Waals surface area contributed by atoms with Crippen LogP contribution in [0.25, 0.3) is 0 Å². The van der Waals surface area contributed by atoms with Crippen molar-refractivity contribution in [1.82, 2.24) is 9.80 Å². The molecule has 0 bridgehead atoms. The number of piperazine rings is 1. The largest absolute Gasteiger partial charge is 0.369 e. The van der Waals surface area contributed by atoms with Crippen LogP contribution in [0.4, 0.5) is 10.1 Å². The maximum Gasteiger partial charge on any atom is 0.123 e. The van der Waals surface area contributed by atoms with Crippen LogP contribution in [0.1, 0.15) is 26.2 Å². The molecule has 1 atom stereocenters. The predicted octanol–water partition coefficient (Wildman–Crippen LogP) is 2.82. The Morgan fingerprint density at radius 2 is 1.77 bits per heavy atom. The minimum Gasteiger partial charge on any atom is -0.369 e. The smallest absolute Gasteiger partial charge is 0.123 e. The fraction of sp³-hybridized carbons (Fsp3) is 0.667. The highest BCUT2D eigenvalue weighted by molar-refractivity contribution is 5.46. The third-order valence-electron chi connectivity index (χ3n) is 5.04. The third kappa shape index (κ3) is 3.79. The Morgan fingerprint density at radius 1 is 1.05 bits per heavy atom. The number of benzene rings is 1. The second-order valence-corrected chi connectivity index (χ2v) is 6.60. The van der Waals surface area contributed by atoms with E-state index in [1.54, 1.807) is 12.1 Å². The summed E-state index contributed by atoms with van der Waals surface area (Å²) in [6.45, 7) is 10.4. The fourth-order valence-corrected chi connectivity index (χ4v) is 3.85. The van der Waals surface area contributed by atoms with Crippen LogP contribution in [0.5, 0.6) is 0 Å². The number of piperidine rings is 1. The van der Waals surface area contributed by atoms with Crippen molar-refractivity contribution in [2.24, 2.45) is 0 Å². The molecule has 3 nitrogen and oxygen atoms in total. The number of hydrogen-bond acceptors (Lipinski definition) is 3. The lowest BCUT2D eigenvalue weighted by atomic mass is 10.0. The summed E-state index contributed by atoms with van der Waals surface area (Å²) in [6, 6.07) is 7.65. The molecule has 0 spiro atoms. The maximum absolute atomic E-state index is 13.0. The molecule has 1 aromatic rings. The molecular formula is C18H28FN3. The van der Waals surface area contributed by atoms with Gasteiger partial charge in [0.15, 0.2) is 0 Å². The van der Waals surface area contributed by atoms with Crippen LogP contribution < -0.4 is 4.90 Å². The average molecular weight is 305 g/mol. The fourth-order valence-electron chi connectivity index (χ4n) is 3.85. The summed E-state index contributed by atoms with van der Waals surface area (Å²) in [5, 5.41) is 0. The number of halogens is 1. The van der Waals surface area contributed by atoms with Gasteiger partial charge in [0.1, 0.15) is 5.82 Å². The van der Waals surface area contributed by atoms with Crippen LogP contribution in [0.2, 0.25) is 0 Å². The summed E-state index contributed by atoms with van der Waals surface area (Å²) in [4.78, 5) is 7.67. The van der Waals surface area contributed by atoms with Crippen molar-refractivity contribution < 1.29 is 4.39 Å². The average Bonchev–Trinajstić information content (AvgIpc) is 2.56. The minimum absolute atomic E-state index is 0.152. The summed E-state index contributed by atoms with van der Waals surface area (Å²) in [7, 11) is 0. The van der Waals surface area contributed by atoms with E-state index in [1.807, 2.05) is 12.1 Å². The van der Waals surface area contributed by atoms with Gasteiger partial charge in [-0.2, -0.15) is 0 Å². The second kappa shape index (κ2) is 7.42. The molecule has 3 rings (SSSR count). The zero-order valence-electron chi connectivity index (χ0n) is 13.7. The summed E-state index contributed by atoms with van der Waals surface area (Å²) in [5.41, 5.74) is 1.15. The van der Waals surface area contributed by atoms with Crippen LogP contribution in [0.3, 0.4) is 0 Å². The highest BCUT2D eigenvalue weighted by Crippen LogP contribution is 2.21. The molecule has 0 aromatic heterocycles. The molecule has 0 unspecified atom stereocenters.